The normalized spacial score (nSPS) is 11.9. The van der Waals surface area contributed by atoms with Gasteiger partial charge in [0.25, 0.3) is 5.91 Å². The summed E-state index contributed by atoms with van der Waals surface area (Å²) in [4.78, 5) is 21.8. The second-order valence-corrected chi connectivity index (χ2v) is 5.29. The Balaban J connectivity index is 2.05. The highest BCUT2D eigenvalue weighted by atomic mass is 32.1. The van der Waals surface area contributed by atoms with Gasteiger partial charge in [0.05, 0.1) is 11.6 Å². The molecule has 0 bridgehead atoms. The van der Waals surface area contributed by atoms with Crippen LogP contribution < -0.4 is 5.32 Å². The summed E-state index contributed by atoms with van der Waals surface area (Å²) < 4.78 is 0. The van der Waals surface area contributed by atoms with Gasteiger partial charge in [0.15, 0.2) is 0 Å². The maximum absolute atomic E-state index is 11.7. The van der Waals surface area contributed by atoms with Gasteiger partial charge in [-0.2, -0.15) is 0 Å². The number of nitrogens with zero attached hydrogens (tertiary/aromatic N) is 3. The van der Waals surface area contributed by atoms with Crippen molar-refractivity contribution >= 4 is 23.1 Å². The summed E-state index contributed by atoms with van der Waals surface area (Å²) >= 11 is 1.60. The van der Waals surface area contributed by atoms with E-state index in [1.54, 1.807) is 50.0 Å². The third kappa shape index (κ3) is 3.29. The summed E-state index contributed by atoms with van der Waals surface area (Å²) in [6.07, 6.45) is 3.36. The molecule has 1 unspecified atom stereocenters. The van der Waals surface area contributed by atoms with Crippen LogP contribution in [-0.4, -0.2) is 34.9 Å². The molecule has 0 aliphatic rings. The van der Waals surface area contributed by atoms with Gasteiger partial charge in [-0.25, -0.2) is 9.97 Å². The standard InChI is InChI=1S/C13H16N4OS/c1-9(12-14-6-7-19-12)16-11-5-4-10(8-15-11)13(18)17(2)3/h4-9H,1-3H3,(H,15,16). The monoisotopic (exact) mass is 276 g/mol. The van der Waals surface area contributed by atoms with Gasteiger partial charge in [0.2, 0.25) is 0 Å². The van der Waals surface area contributed by atoms with Crippen molar-refractivity contribution in [2.45, 2.75) is 13.0 Å². The summed E-state index contributed by atoms with van der Waals surface area (Å²) in [6.45, 7) is 2.03. The molecule has 2 aromatic heterocycles. The van der Waals surface area contributed by atoms with Crippen molar-refractivity contribution in [2.75, 3.05) is 19.4 Å². The van der Waals surface area contributed by atoms with Crippen molar-refractivity contribution in [3.63, 3.8) is 0 Å². The van der Waals surface area contributed by atoms with Crippen LogP contribution in [0.2, 0.25) is 0 Å². The van der Waals surface area contributed by atoms with Crippen molar-refractivity contribution in [3.05, 3.63) is 40.5 Å². The molecule has 0 radical (unpaired) electrons. The van der Waals surface area contributed by atoms with Crippen LogP contribution in [0.4, 0.5) is 5.82 Å². The fraction of sp³-hybridized carbons (Fsp3) is 0.308. The fourth-order valence-electron chi connectivity index (χ4n) is 1.60. The number of anilines is 1. The lowest BCUT2D eigenvalue weighted by Gasteiger charge is -2.13. The van der Waals surface area contributed by atoms with Crippen LogP contribution in [0.5, 0.6) is 0 Å². The maximum Gasteiger partial charge on any atom is 0.254 e. The first-order valence-corrected chi connectivity index (χ1v) is 6.79. The molecule has 0 aromatic carbocycles. The lowest BCUT2D eigenvalue weighted by molar-refractivity contribution is 0.0827. The third-order valence-electron chi connectivity index (χ3n) is 2.60. The summed E-state index contributed by atoms with van der Waals surface area (Å²) in [5, 5.41) is 6.21. The number of thiazole rings is 1. The molecule has 0 aliphatic heterocycles. The van der Waals surface area contributed by atoms with E-state index in [2.05, 4.69) is 15.3 Å². The Morgan fingerprint density at radius 2 is 2.16 bits per heavy atom. The minimum atomic E-state index is -0.0491. The van der Waals surface area contributed by atoms with Crippen molar-refractivity contribution in [1.82, 2.24) is 14.9 Å². The van der Waals surface area contributed by atoms with E-state index in [4.69, 9.17) is 0 Å². The summed E-state index contributed by atoms with van der Waals surface area (Å²) in [5.41, 5.74) is 0.581. The lowest BCUT2D eigenvalue weighted by Crippen LogP contribution is -2.21. The molecule has 0 saturated heterocycles. The fourth-order valence-corrected chi connectivity index (χ4v) is 2.24. The van der Waals surface area contributed by atoms with Gasteiger partial charge in [-0.1, -0.05) is 0 Å². The van der Waals surface area contributed by atoms with Crippen LogP contribution >= 0.6 is 11.3 Å². The molecule has 0 fully saturated rings. The zero-order chi connectivity index (χ0) is 13.8. The van der Waals surface area contributed by atoms with Gasteiger partial charge in [-0.05, 0) is 19.1 Å². The number of carbonyl (C=O) groups excluding carboxylic acids is 1. The minimum absolute atomic E-state index is 0.0491. The number of pyridine rings is 1. The Bertz CT molecular complexity index is 536. The molecular formula is C13H16N4OS. The Kier molecular flexibility index (Phi) is 4.11. The molecule has 1 atom stereocenters. The number of amides is 1. The molecule has 6 heteroatoms. The van der Waals surface area contributed by atoms with Crippen molar-refractivity contribution in [2.24, 2.45) is 0 Å². The SMILES string of the molecule is CC(Nc1ccc(C(=O)N(C)C)cn1)c1nccs1. The van der Waals surface area contributed by atoms with Crippen LogP contribution in [0.15, 0.2) is 29.9 Å². The van der Waals surface area contributed by atoms with E-state index in [9.17, 15) is 4.79 Å². The van der Waals surface area contributed by atoms with Gasteiger partial charge >= 0.3 is 0 Å². The maximum atomic E-state index is 11.7. The zero-order valence-electron chi connectivity index (χ0n) is 11.1. The largest absolute Gasteiger partial charge is 0.361 e. The van der Waals surface area contributed by atoms with Crippen LogP contribution in [0.25, 0.3) is 0 Å². The second-order valence-electron chi connectivity index (χ2n) is 4.37. The molecule has 100 valence electrons. The van der Waals surface area contributed by atoms with E-state index < -0.39 is 0 Å². The Morgan fingerprint density at radius 1 is 1.37 bits per heavy atom. The molecular weight excluding hydrogens is 260 g/mol. The molecule has 0 spiro atoms. The highest BCUT2D eigenvalue weighted by molar-refractivity contribution is 7.09. The first kappa shape index (κ1) is 13.5. The minimum Gasteiger partial charge on any atom is -0.361 e. The molecule has 1 N–H and O–H groups in total. The van der Waals surface area contributed by atoms with Crippen molar-refractivity contribution in [1.29, 1.82) is 0 Å². The number of aromatic nitrogens is 2. The Morgan fingerprint density at radius 3 is 2.68 bits per heavy atom. The summed E-state index contributed by atoms with van der Waals surface area (Å²) in [7, 11) is 3.44. The number of hydrogen-bond donors (Lipinski definition) is 1. The number of nitrogens with one attached hydrogen (secondary N) is 1. The van der Waals surface area contributed by atoms with E-state index in [-0.39, 0.29) is 11.9 Å². The molecule has 5 nitrogen and oxygen atoms in total. The van der Waals surface area contributed by atoms with Crippen molar-refractivity contribution < 1.29 is 4.79 Å². The van der Waals surface area contributed by atoms with Gasteiger partial charge in [-0.15, -0.1) is 11.3 Å². The Hall–Kier alpha value is -1.95. The topological polar surface area (TPSA) is 58.1 Å². The lowest BCUT2D eigenvalue weighted by atomic mass is 10.2. The number of rotatable bonds is 4. The second kappa shape index (κ2) is 5.79. The zero-order valence-corrected chi connectivity index (χ0v) is 11.9. The van der Waals surface area contributed by atoms with E-state index in [0.29, 0.717) is 5.56 Å². The molecule has 2 rings (SSSR count). The van der Waals surface area contributed by atoms with Crippen LogP contribution in [0, 0.1) is 0 Å². The molecule has 2 aromatic rings. The molecule has 19 heavy (non-hydrogen) atoms. The quantitative estimate of drug-likeness (QED) is 0.931. The predicted molar refractivity (Wildman–Crippen MR) is 76.4 cm³/mol. The van der Waals surface area contributed by atoms with E-state index >= 15 is 0 Å². The number of carbonyl (C=O) groups is 1. The highest BCUT2D eigenvalue weighted by Gasteiger charge is 2.10. The van der Waals surface area contributed by atoms with Crippen LogP contribution in [0.3, 0.4) is 0 Å². The van der Waals surface area contributed by atoms with E-state index in [0.717, 1.165) is 10.8 Å². The van der Waals surface area contributed by atoms with E-state index in [1.165, 1.54) is 4.90 Å². The predicted octanol–water partition coefficient (Wildman–Crippen LogP) is 2.41. The van der Waals surface area contributed by atoms with Gasteiger partial charge in [0, 0.05) is 31.9 Å². The molecule has 1 amide bonds. The van der Waals surface area contributed by atoms with Gasteiger partial charge < -0.3 is 10.2 Å². The third-order valence-corrected chi connectivity index (χ3v) is 3.56. The highest BCUT2D eigenvalue weighted by Crippen LogP contribution is 2.19. The molecule has 0 saturated carbocycles. The van der Waals surface area contributed by atoms with E-state index in [1.807, 2.05) is 12.3 Å². The molecule has 0 aliphatic carbocycles. The van der Waals surface area contributed by atoms with Crippen LogP contribution in [-0.2, 0) is 0 Å². The average molecular weight is 276 g/mol. The van der Waals surface area contributed by atoms with Crippen LogP contribution in [0.1, 0.15) is 28.3 Å². The summed E-state index contributed by atoms with van der Waals surface area (Å²) in [6, 6.07) is 3.68. The average Bonchev–Trinajstić information content (AvgIpc) is 2.92. The van der Waals surface area contributed by atoms with Gasteiger partial charge in [0.1, 0.15) is 10.8 Å². The Labute approximate surface area is 116 Å². The van der Waals surface area contributed by atoms with Crippen molar-refractivity contribution in [3.8, 4) is 0 Å². The smallest absolute Gasteiger partial charge is 0.254 e. The number of hydrogen-bond acceptors (Lipinski definition) is 5. The summed E-state index contributed by atoms with van der Waals surface area (Å²) in [5.74, 6) is 0.685. The first-order valence-electron chi connectivity index (χ1n) is 5.91. The first-order chi connectivity index (χ1) is 9.08. The van der Waals surface area contributed by atoms with Gasteiger partial charge in [-0.3, -0.25) is 4.79 Å². The molecule has 2 heterocycles.